The first-order valence-electron chi connectivity index (χ1n) is 10.7. The smallest absolute Gasteiger partial charge is 0.328 e. The molecule has 0 saturated heterocycles. The molecule has 3 aromatic carbocycles. The van der Waals surface area contributed by atoms with Crippen LogP contribution in [0, 0.1) is 6.92 Å². The fourth-order valence-electron chi connectivity index (χ4n) is 2.86. The van der Waals surface area contributed by atoms with E-state index in [0.29, 0.717) is 43.2 Å². The van der Waals surface area contributed by atoms with E-state index in [1.165, 1.54) is 23.5 Å². The summed E-state index contributed by atoms with van der Waals surface area (Å²) in [4.78, 5) is 11.2. The lowest BCUT2D eigenvalue weighted by molar-refractivity contribution is -0.131. The van der Waals surface area contributed by atoms with Crippen molar-refractivity contribution in [1.29, 1.82) is 0 Å². The summed E-state index contributed by atoms with van der Waals surface area (Å²) in [6, 6.07) is 10.7. The number of aliphatic carboxylic acids is 1. The van der Waals surface area contributed by atoms with Gasteiger partial charge in [-0.15, -0.1) is 11.3 Å². The van der Waals surface area contributed by atoms with Crippen molar-refractivity contribution >= 4 is 33.5 Å². The minimum Gasteiger partial charge on any atom is -0.508 e. The second-order valence-corrected chi connectivity index (χ2v) is 7.34. The van der Waals surface area contributed by atoms with Crippen molar-refractivity contribution in [2.45, 2.75) is 6.92 Å². The molecule has 0 aliphatic rings. The Hall–Kier alpha value is -3.57. The van der Waals surface area contributed by atoms with Crippen molar-refractivity contribution in [1.82, 2.24) is 0 Å². The number of hydrogen-bond acceptors (Lipinski definition) is 4. The normalized spacial score (nSPS) is 13.1. The number of thiophene rings is 1. The highest BCUT2D eigenvalue weighted by molar-refractivity contribution is 7.22. The molecule has 0 radical (unpaired) electrons. The van der Waals surface area contributed by atoms with Gasteiger partial charge in [-0.3, -0.25) is 0 Å². The molecular formula is C24H18O4S. The molecule has 0 atom stereocenters. The number of hydrogen-bond donors (Lipinski definition) is 2. The zero-order chi connectivity index (χ0) is 23.9. The van der Waals surface area contributed by atoms with Gasteiger partial charge in [-0.2, -0.15) is 0 Å². The molecule has 2 N–H and O–H groups in total. The van der Waals surface area contributed by atoms with E-state index in [0.717, 1.165) is 6.08 Å². The number of phenolic OH excluding ortho intramolecular Hbond substituents is 1. The number of carboxylic acids is 1. The molecule has 0 amide bonds. The monoisotopic (exact) mass is 406 g/mol. The van der Waals surface area contributed by atoms with Crippen molar-refractivity contribution in [3.05, 3.63) is 83.8 Å². The lowest BCUT2D eigenvalue weighted by atomic mass is 10.1. The summed E-state index contributed by atoms with van der Waals surface area (Å²) in [5.41, 5.74) is 1.42. The predicted octanol–water partition coefficient (Wildman–Crippen LogP) is 6.47. The molecular weight excluding hydrogens is 384 g/mol. The van der Waals surface area contributed by atoms with Crippen molar-refractivity contribution in [2.24, 2.45) is 0 Å². The van der Waals surface area contributed by atoms with Gasteiger partial charge in [0.2, 0.25) is 0 Å². The lowest BCUT2D eigenvalue weighted by Gasteiger charge is -2.10. The molecule has 144 valence electrons. The molecule has 4 aromatic rings. The van der Waals surface area contributed by atoms with Gasteiger partial charge < -0.3 is 14.9 Å². The summed E-state index contributed by atoms with van der Waals surface area (Å²) < 4.78 is 39.6. The third kappa shape index (κ3) is 4.00. The average Bonchev–Trinajstić information content (AvgIpc) is 3.12. The van der Waals surface area contributed by atoms with E-state index in [9.17, 15) is 9.90 Å². The maximum absolute atomic E-state index is 10.7. The van der Waals surface area contributed by atoms with Crippen molar-refractivity contribution in [3.63, 3.8) is 0 Å². The van der Waals surface area contributed by atoms with Gasteiger partial charge >= 0.3 is 5.97 Å². The molecule has 0 fully saturated rings. The Morgan fingerprint density at radius 3 is 2.66 bits per heavy atom. The third-order valence-corrected chi connectivity index (χ3v) is 5.40. The second-order valence-electron chi connectivity index (χ2n) is 6.28. The first-order chi connectivity index (χ1) is 15.7. The van der Waals surface area contributed by atoms with Crippen molar-refractivity contribution in [2.75, 3.05) is 0 Å². The molecule has 1 aromatic heterocycles. The van der Waals surface area contributed by atoms with Crippen LogP contribution in [0.4, 0.5) is 0 Å². The van der Waals surface area contributed by atoms with Crippen LogP contribution in [0.3, 0.4) is 0 Å². The fraction of sp³-hybridized carbons (Fsp3) is 0.0417. The number of carbonyl (C=O) groups is 1. The molecule has 4 rings (SSSR count). The lowest BCUT2D eigenvalue weighted by Crippen LogP contribution is -1.88. The fourth-order valence-corrected chi connectivity index (χ4v) is 4.08. The Kier molecular flexibility index (Phi) is 3.89. The Labute approximate surface area is 177 Å². The van der Waals surface area contributed by atoms with Crippen molar-refractivity contribution in [3.8, 4) is 27.7 Å². The van der Waals surface area contributed by atoms with Crippen LogP contribution in [0.1, 0.15) is 16.6 Å². The largest absolute Gasteiger partial charge is 0.508 e. The first-order valence-corrected chi connectivity index (χ1v) is 9.50. The van der Waals surface area contributed by atoms with Crippen LogP contribution in [-0.2, 0) is 4.79 Å². The maximum atomic E-state index is 10.7. The highest BCUT2D eigenvalue weighted by Crippen LogP contribution is 2.47. The number of ether oxygens (including phenoxy) is 1. The molecule has 29 heavy (non-hydrogen) atoms. The third-order valence-electron chi connectivity index (χ3n) is 4.25. The molecule has 0 bridgehead atoms. The Balaban J connectivity index is 1.88. The van der Waals surface area contributed by atoms with E-state index in [1.54, 1.807) is 43.3 Å². The van der Waals surface area contributed by atoms with Crippen LogP contribution in [0.5, 0.6) is 17.2 Å². The number of fused-ring (bicyclic) bond motifs is 1. The topological polar surface area (TPSA) is 66.8 Å². The van der Waals surface area contributed by atoms with Gasteiger partial charge in [-0.05, 0) is 60.0 Å². The van der Waals surface area contributed by atoms with Crippen LogP contribution in [0.25, 0.3) is 26.6 Å². The zero-order valence-electron chi connectivity index (χ0n) is 19.3. The molecule has 0 aliphatic heterocycles. The van der Waals surface area contributed by atoms with Crippen LogP contribution < -0.4 is 4.74 Å². The summed E-state index contributed by atoms with van der Waals surface area (Å²) in [5.74, 6) is -0.0918. The summed E-state index contributed by atoms with van der Waals surface area (Å²) in [6.45, 7) is 1.64. The average molecular weight is 406 g/mol. The summed E-state index contributed by atoms with van der Waals surface area (Å²) in [7, 11) is 0. The van der Waals surface area contributed by atoms with Gasteiger partial charge in [-0.1, -0.05) is 36.3 Å². The highest BCUT2D eigenvalue weighted by atomic mass is 32.1. The summed E-state index contributed by atoms with van der Waals surface area (Å²) in [5, 5.41) is 19.4. The Morgan fingerprint density at radius 2 is 1.90 bits per heavy atom. The van der Waals surface area contributed by atoms with E-state index in [2.05, 4.69) is 0 Å². The van der Waals surface area contributed by atoms with Gasteiger partial charge in [-0.25, -0.2) is 4.79 Å². The van der Waals surface area contributed by atoms with Crippen LogP contribution in [0.15, 0.2) is 72.7 Å². The molecule has 5 heteroatoms. The molecule has 0 unspecified atom stereocenters. The van der Waals surface area contributed by atoms with E-state index in [4.69, 9.17) is 15.3 Å². The molecule has 0 aliphatic carbocycles. The van der Waals surface area contributed by atoms with E-state index >= 15 is 0 Å². The molecule has 0 spiro atoms. The SMILES string of the molecule is [2H]c1c([2H])c([2H])c(-c2sc3cc(O)ccc3c2Oc2ccc(/C=C/C(=O)O)cc2)c(C)c1[2H]. The molecule has 0 saturated carbocycles. The summed E-state index contributed by atoms with van der Waals surface area (Å²) >= 11 is 1.27. The number of phenols is 1. The molecule has 1 heterocycles. The number of carboxylic acid groups (broad SMARTS) is 1. The number of rotatable bonds is 5. The maximum Gasteiger partial charge on any atom is 0.328 e. The minimum atomic E-state index is -1.05. The Bertz CT molecular complexity index is 1400. The van der Waals surface area contributed by atoms with E-state index < -0.39 is 5.97 Å². The van der Waals surface area contributed by atoms with Crippen molar-refractivity contribution < 1.29 is 25.2 Å². The summed E-state index contributed by atoms with van der Waals surface area (Å²) in [6.07, 6.45) is 2.50. The predicted molar refractivity (Wildman–Crippen MR) is 117 cm³/mol. The quantitative estimate of drug-likeness (QED) is 0.373. The van der Waals surface area contributed by atoms with Crippen LogP contribution >= 0.6 is 11.3 Å². The van der Waals surface area contributed by atoms with Gasteiger partial charge in [0.1, 0.15) is 11.5 Å². The second kappa shape index (κ2) is 7.81. The van der Waals surface area contributed by atoms with E-state index in [-0.39, 0.29) is 29.9 Å². The molecule has 4 nitrogen and oxygen atoms in total. The highest BCUT2D eigenvalue weighted by Gasteiger charge is 2.18. The Morgan fingerprint density at radius 1 is 1.14 bits per heavy atom. The minimum absolute atomic E-state index is 0.0723. The van der Waals surface area contributed by atoms with Gasteiger partial charge in [0.05, 0.1) is 10.4 Å². The number of aromatic hydroxyl groups is 1. The van der Waals surface area contributed by atoms with Crippen LogP contribution in [-0.4, -0.2) is 16.2 Å². The van der Waals surface area contributed by atoms with Gasteiger partial charge in [0, 0.05) is 16.2 Å². The van der Waals surface area contributed by atoms with Crippen LogP contribution in [0.2, 0.25) is 0 Å². The van der Waals surface area contributed by atoms with E-state index in [1.807, 2.05) is 0 Å². The first kappa shape index (κ1) is 14.4. The standard InChI is InChI=1S/C24H18O4S/c1-15-4-2-3-5-19(15)24-23(20-12-9-17(25)14-21(20)29-24)28-18-10-6-16(7-11-18)8-13-22(26)27/h2-14,25H,1H3,(H,26,27)/b13-8+/i2D,3D,4D,5D. The zero-order valence-corrected chi connectivity index (χ0v) is 16.1. The number of benzene rings is 3. The van der Waals surface area contributed by atoms with Gasteiger partial charge in [0.25, 0.3) is 0 Å². The van der Waals surface area contributed by atoms with Gasteiger partial charge in [0.15, 0.2) is 5.75 Å².